The number of nitrogens with one attached hydrogen (secondary N) is 2. The van der Waals surface area contributed by atoms with Crippen LogP contribution in [0.2, 0.25) is 0 Å². The molecule has 2 N–H and O–H groups in total. The Morgan fingerprint density at radius 3 is 2.43 bits per heavy atom. The van der Waals surface area contributed by atoms with Gasteiger partial charge >= 0.3 is 6.18 Å². The molecule has 1 unspecified atom stereocenters. The predicted octanol–water partition coefficient (Wildman–Crippen LogP) is 3.56. The molecule has 1 fully saturated rings. The summed E-state index contributed by atoms with van der Waals surface area (Å²) in [5.74, 6) is 0.460. The highest BCUT2D eigenvalue weighted by atomic mass is 127. The lowest BCUT2D eigenvalue weighted by atomic mass is 10.1. The van der Waals surface area contributed by atoms with Crippen LogP contribution in [0.5, 0.6) is 0 Å². The number of aromatic nitrogens is 2. The van der Waals surface area contributed by atoms with Gasteiger partial charge in [-0.25, -0.2) is 0 Å². The highest BCUT2D eigenvalue weighted by Gasteiger charge is 2.36. The summed E-state index contributed by atoms with van der Waals surface area (Å²) < 4.78 is 40.6. The van der Waals surface area contributed by atoms with Crippen LogP contribution in [0.25, 0.3) is 0 Å². The first kappa shape index (κ1) is 24.4. The minimum atomic E-state index is -4.48. The molecule has 2 heterocycles. The number of rotatable bonds is 6. The molecule has 1 atom stereocenters. The van der Waals surface area contributed by atoms with E-state index in [1.165, 1.54) is 36.3 Å². The number of aliphatic imine (C=N–C) groups is 1. The van der Waals surface area contributed by atoms with Gasteiger partial charge in [-0.15, -0.1) is 24.0 Å². The van der Waals surface area contributed by atoms with Crippen molar-refractivity contribution >= 4 is 29.9 Å². The summed E-state index contributed by atoms with van der Waals surface area (Å²) in [5, 5.41) is 9.78. The minimum absolute atomic E-state index is 0. The lowest BCUT2D eigenvalue weighted by Crippen LogP contribution is -2.42. The van der Waals surface area contributed by atoms with E-state index >= 15 is 0 Å². The number of likely N-dealkylation sites (tertiary alicyclic amines) is 1. The van der Waals surface area contributed by atoms with Crippen molar-refractivity contribution in [1.82, 2.24) is 25.3 Å². The summed E-state index contributed by atoms with van der Waals surface area (Å²) in [6.45, 7) is 2.68. The van der Waals surface area contributed by atoms with Gasteiger partial charge in [-0.1, -0.05) is 30.3 Å². The van der Waals surface area contributed by atoms with Crippen LogP contribution in [0.4, 0.5) is 13.2 Å². The van der Waals surface area contributed by atoms with Crippen LogP contribution in [0, 0.1) is 0 Å². The van der Waals surface area contributed by atoms with Gasteiger partial charge < -0.3 is 10.6 Å². The Balaban J connectivity index is 0.00000320. The molecule has 0 radical (unpaired) electrons. The molecular formula is C20H28F3IN6. The summed E-state index contributed by atoms with van der Waals surface area (Å²) >= 11 is 0. The third-order valence-electron chi connectivity index (χ3n) is 5.07. The van der Waals surface area contributed by atoms with Gasteiger partial charge in [0.15, 0.2) is 11.7 Å². The zero-order chi connectivity index (χ0) is 20.9. The van der Waals surface area contributed by atoms with Gasteiger partial charge in [0.2, 0.25) is 0 Å². The van der Waals surface area contributed by atoms with Crippen molar-refractivity contribution in [1.29, 1.82) is 0 Å². The molecule has 3 rings (SSSR count). The number of nitrogens with zero attached hydrogens (tertiary/aromatic N) is 4. The summed E-state index contributed by atoms with van der Waals surface area (Å²) in [6, 6.07) is 10.4. The molecule has 0 aliphatic carbocycles. The maximum absolute atomic E-state index is 13.1. The first-order valence-electron chi connectivity index (χ1n) is 9.71. The molecule has 2 aromatic rings. The standard InChI is InChI=1S/C20H27F3N6.HI/c1-24-19(25-12-16-14-28(2)27-18(16)20(21,22)23)26-13-17(29-10-6-7-11-29)15-8-4-3-5-9-15;/h3-5,8-9,14,17H,6-7,10-13H2,1-2H3,(H2,24,25,26);1H. The van der Waals surface area contributed by atoms with Gasteiger partial charge in [-0.2, -0.15) is 18.3 Å². The summed E-state index contributed by atoms with van der Waals surface area (Å²) in [6.07, 6.45) is -0.751. The Kier molecular flexibility index (Phi) is 8.95. The smallest absolute Gasteiger partial charge is 0.354 e. The molecule has 30 heavy (non-hydrogen) atoms. The predicted molar refractivity (Wildman–Crippen MR) is 122 cm³/mol. The van der Waals surface area contributed by atoms with E-state index < -0.39 is 11.9 Å². The number of alkyl halides is 3. The maximum atomic E-state index is 13.1. The Hall–Kier alpha value is -1.82. The lowest BCUT2D eigenvalue weighted by molar-refractivity contribution is -0.142. The van der Waals surface area contributed by atoms with Crippen LogP contribution in [-0.2, 0) is 19.8 Å². The van der Waals surface area contributed by atoms with Crippen molar-refractivity contribution in [3.63, 3.8) is 0 Å². The largest absolute Gasteiger partial charge is 0.435 e. The molecule has 0 bridgehead atoms. The van der Waals surface area contributed by atoms with E-state index in [4.69, 9.17) is 0 Å². The van der Waals surface area contributed by atoms with Crippen molar-refractivity contribution in [3.05, 3.63) is 53.3 Å². The second-order valence-electron chi connectivity index (χ2n) is 7.15. The molecule has 1 saturated heterocycles. The zero-order valence-electron chi connectivity index (χ0n) is 17.1. The number of guanidine groups is 1. The number of hydrogen-bond donors (Lipinski definition) is 2. The average molecular weight is 536 g/mol. The third-order valence-corrected chi connectivity index (χ3v) is 5.07. The highest BCUT2D eigenvalue weighted by molar-refractivity contribution is 14.0. The molecule has 1 aliphatic heterocycles. The normalized spacial score (nSPS) is 16.2. The molecule has 6 nitrogen and oxygen atoms in total. The molecule has 10 heteroatoms. The Bertz CT molecular complexity index is 816. The zero-order valence-corrected chi connectivity index (χ0v) is 19.4. The van der Waals surface area contributed by atoms with Gasteiger partial charge in [0.25, 0.3) is 0 Å². The SMILES string of the molecule is CN=C(NCc1cn(C)nc1C(F)(F)F)NCC(c1ccccc1)N1CCCC1.I. The van der Waals surface area contributed by atoms with Crippen LogP contribution in [-0.4, -0.2) is 47.3 Å². The van der Waals surface area contributed by atoms with Gasteiger partial charge in [-0.3, -0.25) is 14.6 Å². The number of benzene rings is 1. The summed E-state index contributed by atoms with van der Waals surface area (Å²) in [4.78, 5) is 6.59. The lowest BCUT2D eigenvalue weighted by Gasteiger charge is -2.29. The van der Waals surface area contributed by atoms with Crippen LogP contribution >= 0.6 is 24.0 Å². The molecular weight excluding hydrogens is 508 g/mol. The number of aryl methyl sites for hydroxylation is 1. The van der Waals surface area contributed by atoms with Crippen LogP contribution in [0.3, 0.4) is 0 Å². The fourth-order valence-corrected chi connectivity index (χ4v) is 3.68. The molecule has 166 valence electrons. The quantitative estimate of drug-likeness (QED) is 0.337. The molecule has 0 saturated carbocycles. The Labute approximate surface area is 191 Å². The van der Waals surface area contributed by atoms with Gasteiger partial charge in [-0.05, 0) is 31.5 Å². The van der Waals surface area contributed by atoms with Crippen LogP contribution in [0.15, 0.2) is 41.5 Å². The minimum Gasteiger partial charge on any atom is -0.354 e. The molecule has 0 amide bonds. The molecule has 1 aromatic carbocycles. The van der Waals surface area contributed by atoms with E-state index in [-0.39, 0.29) is 42.1 Å². The van der Waals surface area contributed by atoms with Crippen LogP contribution in [0.1, 0.15) is 35.7 Å². The van der Waals surface area contributed by atoms with E-state index in [1.807, 2.05) is 18.2 Å². The molecule has 1 aromatic heterocycles. The van der Waals surface area contributed by atoms with Crippen LogP contribution < -0.4 is 10.6 Å². The van der Waals surface area contributed by atoms with Gasteiger partial charge in [0.05, 0.1) is 6.04 Å². The van der Waals surface area contributed by atoms with Crippen molar-refractivity contribution in [3.8, 4) is 0 Å². The number of hydrogen-bond acceptors (Lipinski definition) is 3. The Morgan fingerprint density at radius 1 is 1.17 bits per heavy atom. The number of halogens is 4. The first-order chi connectivity index (χ1) is 13.9. The third kappa shape index (κ3) is 6.34. The van der Waals surface area contributed by atoms with Crippen molar-refractivity contribution in [2.24, 2.45) is 12.0 Å². The monoisotopic (exact) mass is 536 g/mol. The van der Waals surface area contributed by atoms with E-state index in [0.717, 1.165) is 13.1 Å². The van der Waals surface area contributed by atoms with Crippen molar-refractivity contribution in [2.75, 3.05) is 26.7 Å². The summed E-state index contributed by atoms with van der Waals surface area (Å²) in [7, 11) is 3.09. The maximum Gasteiger partial charge on any atom is 0.435 e. The second kappa shape index (κ2) is 11.0. The van der Waals surface area contributed by atoms with E-state index in [1.54, 1.807) is 7.05 Å². The van der Waals surface area contributed by atoms with E-state index in [0.29, 0.717) is 12.5 Å². The first-order valence-corrected chi connectivity index (χ1v) is 9.71. The fourth-order valence-electron chi connectivity index (χ4n) is 3.68. The highest BCUT2D eigenvalue weighted by Crippen LogP contribution is 2.30. The van der Waals surface area contributed by atoms with Gasteiger partial charge in [0, 0.05) is 38.9 Å². The Morgan fingerprint density at radius 2 is 1.83 bits per heavy atom. The summed E-state index contributed by atoms with van der Waals surface area (Å²) in [5.41, 5.74) is 0.424. The van der Waals surface area contributed by atoms with Crippen molar-refractivity contribution < 1.29 is 13.2 Å². The van der Waals surface area contributed by atoms with E-state index in [9.17, 15) is 13.2 Å². The average Bonchev–Trinajstić information content (AvgIpc) is 3.35. The second-order valence-corrected chi connectivity index (χ2v) is 7.15. The van der Waals surface area contributed by atoms with E-state index in [2.05, 4.69) is 37.8 Å². The van der Waals surface area contributed by atoms with Gasteiger partial charge in [0.1, 0.15) is 0 Å². The molecule has 0 spiro atoms. The topological polar surface area (TPSA) is 57.5 Å². The molecule has 1 aliphatic rings. The fraction of sp³-hybridized carbons (Fsp3) is 0.500. The van der Waals surface area contributed by atoms with Crippen molar-refractivity contribution in [2.45, 2.75) is 31.6 Å².